The number of nitrogens with zero attached hydrogens (tertiary/aromatic N) is 4. The summed E-state index contributed by atoms with van der Waals surface area (Å²) in [4.78, 5) is 10.3. The average molecular weight is 291 g/mol. The van der Waals surface area contributed by atoms with Crippen molar-refractivity contribution in [3.8, 4) is 0 Å². The molecule has 0 atom stereocenters. The van der Waals surface area contributed by atoms with Crippen LogP contribution in [0.15, 0.2) is 18.5 Å². The minimum Gasteiger partial charge on any atom is -0.338 e. The molecule has 1 aromatic rings. The Bertz CT molecular complexity index is 474. The molecule has 0 bridgehead atoms. The normalized spacial score (nSPS) is 17.9. The zero-order valence-electron chi connectivity index (χ0n) is 9.87. The highest BCUT2D eigenvalue weighted by atomic mass is 35.5. The minimum atomic E-state index is -3.21. The summed E-state index contributed by atoms with van der Waals surface area (Å²) < 4.78 is 25.1. The summed E-state index contributed by atoms with van der Waals surface area (Å²) in [7, 11) is -3.21. The Hall–Kier alpha value is -0.920. The molecule has 1 fully saturated rings. The Kier molecular flexibility index (Phi) is 4.36. The second-order valence-electron chi connectivity index (χ2n) is 3.94. The summed E-state index contributed by atoms with van der Waals surface area (Å²) >= 11 is 5.49. The van der Waals surface area contributed by atoms with Crippen LogP contribution in [-0.2, 0) is 10.0 Å². The molecule has 0 N–H and O–H groups in total. The van der Waals surface area contributed by atoms with Crippen molar-refractivity contribution in [3.05, 3.63) is 18.5 Å². The molecular weight excluding hydrogens is 276 g/mol. The molecule has 0 aliphatic carbocycles. The van der Waals surface area contributed by atoms with Gasteiger partial charge in [-0.05, 0) is 6.07 Å². The molecule has 0 spiro atoms. The lowest BCUT2D eigenvalue weighted by atomic mass is 10.4. The number of rotatable bonds is 4. The van der Waals surface area contributed by atoms with Crippen LogP contribution in [0.3, 0.4) is 0 Å². The Morgan fingerprint density at radius 1 is 1.17 bits per heavy atom. The van der Waals surface area contributed by atoms with Gasteiger partial charge in [-0.3, -0.25) is 0 Å². The van der Waals surface area contributed by atoms with Crippen LogP contribution in [-0.4, -0.2) is 60.5 Å². The average Bonchev–Trinajstić information content (AvgIpc) is 2.40. The van der Waals surface area contributed by atoms with Crippen molar-refractivity contribution in [2.24, 2.45) is 0 Å². The zero-order chi connectivity index (χ0) is 13.0. The lowest BCUT2D eigenvalue weighted by Gasteiger charge is -2.33. The van der Waals surface area contributed by atoms with Gasteiger partial charge in [-0.15, -0.1) is 11.6 Å². The van der Waals surface area contributed by atoms with E-state index in [0.29, 0.717) is 32.1 Å². The number of anilines is 1. The molecule has 0 aromatic carbocycles. The van der Waals surface area contributed by atoms with E-state index in [2.05, 4.69) is 9.97 Å². The smallest absolute Gasteiger partial charge is 0.225 e. The molecule has 18 heavy (non-hydrogen) atoms. The van der Waals surface area contributed by atoms with E-state index in [0.717, 1.165) is 0 Å². The molecule has 100 valence electrons. The zero-order valence-corrected chi connectivity index (χ0v) is 11.4. The van der Waals surface area contributed by atoms with Gasteiger partial charge in [-0.2, -0.15) is 4.31 Å². The maximum atomic E-state index is 11.8. The van der Waals surface area contributed by atoms with Crippen LogP contribution in [0.25, 0.3) is 0 Å². The van der Waals surface area contributed by atoms with Crippen molar-refractivity contribution in [1.29, 1.82) is 0 Å². The summed E-state index contributed by atoms with van der Waals surface area (Å²) in [6.45, 7) is 2.12. The molecule has 1 aromatic heterocycles. The van der Waals surface area contributed by atoms with Gasteiger partial charge in [0.15, 0.2) is 0 Å². The summed E-state index contributed by atoms with van der Waals surface area (Å²) in [6, 6.07) is 1.75. The van der Waals surface area contributed by atoms with E-state index in [1.807, 2.05) is 4.90 Å². The highest BCUT2D eigenvalue weighted by Gasteiger charge is 2.27. The van der Waals surface area contributed by atoms with Gasteiger partial charge in [-0.25, -0.2) is 18.4 Å². The van der Waals surface area contributed by atoms with Crippen molar-refractivity contribution in [3.63, 3.8) is 0 Å². The molecule has 1 saturated heterocycles. The Labute approximate surface area is 112 Å². The molecule has 8 heteroatoms. The lowest BCUT2D eigenvalue weighted by Crippen LogP contribution is -2.49. The molecule has 1 aliphatic heterocycles. The van der Waals surface area contributed by atoms with Crippen LogP contribution in [0.1, 0.15) is 0 Å². The largest absolute Gasteiger partial charge is 0.338 e. The first-order chi connectivity index (χ1) is 8.63. The van der Waals surface area contributed by atoms with Crippen molar-refractivity contribution >= 4 is 27.6 Å². The van der Waals surface area contributed by atoms with E-state index in [4.69, 9.17) is 11.6 Å². The van der Waals surface area contributed by atoms with Gasteiger partial charge >= 0.3 is 0 Å². The Morgan fingerprint density at radius 2 is 1.78 bits per heavy atom. The summed E-state index contributed by atoms with van der Waals surface area (Å²) in [5.74, 6) is 0.771. The van der Waals surface area contributed by atoms with Crippen LogP contribution in [0.5, 0.6) is 0 Å². The number of piperazine rings is 1. The number of sulfonamides is 1. The molecular formula is C10H15ClN4O2S. The number of alkyl halides is 1. The Balaban J connectivity index is 1.97. The van der Waals surface area contributed by atoms with Gasteiger partial charge in [0.2, 0.25) is 16.0 Å². The second-order valence-corrected chi connectivity index (χ2v) is 6.41. The van der Waals surface area contributed by atoms with E-state index < -0.39 is 10.0 Å². The van der Waals surface area contributed by atoms with E-state index in [-0.39, 0.29) is 11.6 Å². The predicted molar refractivity (Wildman–Crippen MR) is 70.3 cm³/mol. The standard InChI is InChI=1S/C10H15ClN4O2S/c11-2-9-18(16,17)15-7-5-14(6-8-15)10-12-3-1-4-13-10/h1,3-4H,2,5-9H2. The minimum absolute atomic E-state index is 0.00358. The van der Waals surface area contributed by atoms with Crippen LogP contribution in [0.4, 0.5) is 5.95 Å². The van der Waals surface area contributed by atoms with Crippen molar-refractivity contribution in [2.45, 2.75) is 0 Å². The van der Waals surface area contributed by atoms with Gasteiger partial charge in [0.25, 0.3) is 0 Å². The maximum absolute atomic E-state index is 11.8. The first-order valence-corrected chi connectivity index (χ1v) is 7.83. The molecule has 0 radical (unpaired) electrons. The molecule has 6 nitrogen and oxygen atoms in total. The molecule has 0 unspecified atom stereocenters. The Morgan fingerprint density at radius 3 is 2.33 bits per heavy atom. The van der Waals surface area contributed by atoms with E-state index in [9.17, 15) is 8.42 Å². The van der Waals surface area contributed by atoms with Crippen molar-refractivity contribution in [2.75, 3.05) is 42.7 Å². The topological polar surface area (TPSA) is 66.4 Å². The molecule has 2 rings (SSSR count). The third-order valence-corrected chi connectivity index (χ3v) is 5.09. The SMILES string of the molecule is O=S(=O)(CCCl)N1CCN(c2ncccn2)CC1. The van der Waals surface area contributed by atoms with E-state index >= 15 is 0 Å². The van der Waals surface area contributed by atoms with E-state index in [1.165, 1.54) is 4.31 Å². The first-order valence-electron chi connectivity index (χ1n) is 5.69. The first kappa shape index (κ1) is 13.5. The fourth-order valence-corrected chi connectivity index (χ4v) is 3.61. The summed E-state index contributed by atoms with van der Waals surface area (Å²) in [6.07, 6.45) is 3.36. The van der Waals surface area contributed by atoms with Crippen molar-refractivity contribution in [1.82, 2.24) is 14.3 Å². The maximum Gasteiger partial charge on any atom is 0.225 e. The third-order valence-electron chi connectivity index (χ3n) is 2.80. The van der Waals surface area contributed by atoms with Crippen LogP contribution < -0.4 is 4.90 Å². The number of hydrogen-bond donors (Lipinski definition) is 0. The molecule has 1 aliphatic rings. The van der Waals surface area contributed by atoms with Gasteiger partial charge in [0, 0.05) is 44.5 Å². The molecule has 0 amide bonds. The van der Waals surface area contributed by atoms with E-state index in [1.54, 1.807) is 18.5 Å². The number of hydrogen-bond acceptors (Lipinski definition) is 5. The van der Waals surface area contributed by atoms with Gasteiger partial charge < -0.3 is 4.90 Å². The summed E-state index contributed by atoms with van der Waals surface area (Å²) in [5, 5.41) is 0. The number of halogens is 1. The summed E-state index contributed by atoms with van der Waals surface area (Å²) in [5.41, 5.74) is 0. The quantitative estimate of drug-likeness (QED) is 0.740. The van der Waals surface area contributed by atoms with Crippen LogP contribution in [0.2, 0.25) is 0 Å². The lowest BCUT2D eigenvalue weighted by molar-refractivity contribution is 0.383. The van der Waals surface area contributed by atoms with Crippen molar-refractivity contribution < 1.29 is 8.42 Å². The molecule has 0 saturated carbocycles. The number of aromatic nitrogens is 2. The van der Waals surface area contributed by atoms with Gasteiger partial charge in [0.05, 0.1) is 5.75 Å². The fraction of sp³-hybridized carbons (Fsp3) is 0.600. The highest BCUT2D eigenvalue weighted by Crippen LogP contribution is 2.12. The predicted octanol–water partition coefficient (Wildman–Crippen LogP) is 0.167. The van der Waals surface area contributed by atoms with Gasteiger partial charge in [-0.1, -0.05) is 0 Å². The monoisotopic (exact) mass is 290 g/mol. The van der Waals surface area contributed by atoms with Gasteiger partial charge in [0.1, 0.15) is 0 Å². The fourth-order valence-electron chi connectivity index (χ4n) is 1.85. The second kappa shape index (κ2) is 5.81. The highest BCUT2D eigenvalue weighted by molar-refractivity contribution is 7.89. The van der Waals surface area contributed by atoms with Crippen LogP contribution in [0, 0.1) is 0 Å². The molecule has 2 heterocycles. The van der Waals surface area contributed by atoms with Crippen LogP contribution >= 0.6 is 11.6 Å². The third kappa shape index (κ3) is 3.09.